The highest BCUT2D eigenvalue weighted by atomic mass is 19.1. The summed E-state index contributed by atoms with van der Waals surface area (Å²) in [6.45, 7) is 1.33. The van der Waals surface area contributed by atoms with Crippen molar-refractivity contribution in [3.63, 3.8) is 0 Å². The molecule has 8 heteroatoms. The third kappa shape index (κ3) is 4.01. The van der Waals surface area contributed by atoms with Crippen molar-refractivity contribution in [1.82, 2.24) is 4.57 Å². The van der Waals surface area contributed by atoms with Crippen LogP contribution in [-0.2, 0) is 11.8 Å². The van der Waals surface area contributed by atoms with Crippen LogP contribution in [0.2, 0.25) is 0 Å². The lowest BCUT2D eigenvalue weighted by molar-refractivity contribution is -0.116. The summed E-state index contributed by atoms with van der Waals surface area (Å²) in [6.07, 6.45) is -0.218. The van der Waals surface area contributed by atoms with Crippen LogP contribution in [0.3, 0.4) is 0 Å². The molecule has 0 aliphatic heterocycles. The molecule has 3 aromatic rings. The van der Waals surface area contributed by atoms with Gasteiger partial charge in [0.2, 0.25) is 0 Å². The first-order valence-corrected chi connectivity index (χ1v) is 8.70. The van der Waals surface area contributed by atoms with E-state index in [1.807, 2.05) is 0 Å². The maximum atomic E-state index is 13.8. The van der Waals surface area contributed by atoms with Gasteiger partial charge in [-0.1, -0.05) is 0 Å². The van der Waals surface area contributed by atoms with Crippen molar-refractivity contribution < 1.29 is 28.2 Å². The number of Topliss-reactive ketones (excluding diaryl/α,β-unsaturated/α-hetero) is 2. The zero-order chi connectivity index (χ0) is 21.3. The number of ketones is 2. The molecule has 3 rings (SSSR count). The fourth-order valence-electron chi connectivity index (χ4n) is 2.92. The number of aromatic nitrogens is 1. The Hall–Kier alpha value is -3.55. The van der Waals surface area contributed by atoms with Crippen molar-refractivity contribution in [2.45, 2.75) is 19.8 Å². The van der Waals surface area contributed by atoms with E-state index in [1.165, 1.54) is 32.2 Å². The number of ether oxygens (including phenoxy) is 1. The predicted molar refractivity (Wildman–Crippen MR) is 102 cm³/mol. The van der Waals surface area contributed by atoms with Gasteiger partial charge in [-0.2, -0.15) is 0 Å². The Morgan fingerprint density at radius 3 is 2.48 bits per heavy atom. The summed E-state index contributed by atoms with van der Waals surface area (Å²) in [5.74, 6) is -3.03. The molecule has 0 radical (unpaired) electrons. The molecule has 0 fully saturated rings. The number of aromatic hydroxyl groups is 1. The van der Waals surface area contributed by atoms with Gasteiger partial charge in [-0.25, -0.2) is 8.78 Å². The highest BCUT2D eigenvalue weighted by Gasteiger charge is 2.21. The SMILES string of the molecule is CC(=O)CCC(=O)c1c(O)c2ccc(Oc3ccc(F)cc3F)cc2n(C)c1=O. The number of carbonyl (C=O) groups is 2. The van der Waals surface area contributed by atoms with Gasteiger partial charge in [0.25, 0.3) is 5.56 Å². The summed E-state index contributed by atoms with van der Waals surface area (Å²) in [5.41, 5.74) is -0.871. The van der Waals surface area contributed by atoms with E-state index in [1.54, 1.807) is 0 Å². The summed E-state index contributed by atoms with van der Waals surface area (Å²) in [7, 11) is 1.41. The molecule has 0 spiro atoms. The van der Waals surface area contributed by atoms with Crippen LogP contribution in [0.5, 0.6) is 17.2 Å². The average molecular weight is 401 g/mol. The number of aryl methyl sites for hydroxylation is 1. The van der Waals surface area contributed by atoms with Gasteiger partial charge in [0, 0.05) is 37.4 Å². The van der Waals surface area contributed by atoms with Crippen molar-refractivity contribution in [1.29, 1.82) is 0 Å². The van der Waals surface area contributed by atoms with Crippen LogP contribution in [0.1, 0.15) is 30.1 Å². The number of pyridine rings is 1. The van der Waals surface area contributed by atoms with E-state index in [9.17, 15) is 28.3 Å². The first-order chi connectivity index (χ1) is 13.7. The minimum Gasteiger partial charge on any atom is -0.506 e. The molecule has 0 saturated heterocycles. The molecule has 0 unspecified atom stereocenters. The van der Waals surface area contributed by atoms with Crippen molar-refractivity contribution in [3.8, 4) is 17.2 Å². The maximum absolute atomic E-state index is 13.8. The highest BCUT2D eigenvalue weighted by Crippen LogP contribution is 2.32. The summed E-state index contributed by atoms with van der Waals surface area (Å²) in [6, 6.07) is 7.07. The Kier molecular flexibility index (Phi) is 5.45. The van der Waals surface area contributed by atoms with Gasteiger partial charge in [0.1, 0.15) is 28.7 Å². The fraction of sp³-hybridized carbons (Fsp3) is 0.190. The summed E-state index contributed by atoms with van der Waals surface area (Å²) >= 11 is 0. The number of benzene rings is 2. The minimum atomic E-state index is -0.895. The lowest BCUT2D eigenvalue weighted by atomic mass is 10.0. The predicted octanol–water partition coefficient (Wildman–Crippen LogP) is 3.87. The Morgan fingerprint density at radius 2 is 1.83 bits per heavy atom. The van der Waals surface area contributed by atoms with Gasteiger partial charge in [-0.3, -0.25) is 9.59 Å². The molecule has 1 heterocycles. The molecule has 0 bridgehead atoms. The molecular weight excluding hydrogens is 384 g/mol. The van der Waals surface area contributed by atoms with E-state index in [-0.39, 0.29) is 46.6 Å². The van der Waals surface area contributed by atoms with Crippen LogP contribution in [0.25, 0.3) is 10.9 Å². The summed E-state index contributed by atoms with van der Waals surface area (Å²) < 4.78 is 33.4. The summed E-state index contributed by atoms with van der Waals surface area (Å²) in [5, 5.41) is 10.7. The smallest absolute Gasteiger partial charge is 0.265 e. The van der Waals surface area contributed by atoms with Crippen molar-refractivity contribution in [3.05, 3.63) is 63.9 Å². The number of halogens is 2. The second-order valence-electron chi connectivity index (χ2n) is 6.57. The zero-order valence-electron chi connectivity index (χ0n) is 15.7. The van der Waals surface area contributed by atoms with Crippen LogP contribution in [0, 0.1) is 11.6 Å². The molecule has 0 amide bonds. The topological polar surface area (TPSA) is 85.6 Å². The molecular formula is C21H17F2NO5. The number of fused-ring (bicyclic) bond motifs is 1. The van der Waals surface area contributed by atoms with E-state index in [0.717, 1.165) is 16.7 Å². The van der Waals surface area contributed by atoms with E-state index >= 15 is 0 Å². The van der Waals surface area contributed by atoms with Crippen molar-refractivity contribution in [2.75, 3.05) is 0 Å². The third-order valence-corrected chi connectivity index (χ3v) is 4.45. The highest BCUT2D eigenvalue weighted by molar-refractivity contribution is 6.04. The molecule has 1 N–H and O–H groups in total. The van der Waals surface area contributed by atoms with Crippen LogP contribution in [0.4, 0.5) is 8.78 Å². The molecule has 6 nitrogen and oxygen atoms in total. The molecule has 1 aromatic heterocycles. The van der Waals surface area contributed by atoms with Gasteiger partial charge in [-0.15, -0.1) is 0 Å². The number of carbonyl (C=O) groups excluding carboxylic acids is 2. The fourth-order valence-corrected chi connectivity index (χ4v) is 2.92. The molecule has 150 valence electrons. The Labute approximate surface area is 164 Å². The minimum absolute atomic E-state index is 0.0323. The summed E-state index contributed by atoms with van der Waals surface area (Å²) in [4.78, 5) is 36.0. The Bertz CT molecular complexity index is 1200. The lowest BCUT2D eigenvalue weighted by Gasteiger charge is -2.13. The van der Waals surface area contributed by atoms with E-state index in [2.05, 4.69) is 0 Å². The van der Waals surface area contributed by atoms with Gasteiger partial charge in [0.15, 0.2) is 17.3 Å². The first kappa shape index (κ1) is 20.2. The second kappa shape index (κ2) is 7.83. The van der Waals surface area contributed by atoms with Crippen molar-refractivity contribution >= 4 is 22.5 Å². The van der Waals surface area contributed by atoms with Crippen LogP contribution in [0.15, 0.2) is 41.2 Å². The standard InChI is InChI=1S/C21H17F2NO5/c1-11(25)3-7-17(26)19-20(27)14-6-5-13(10-16(14)24(2)21(19)28)29-18-8-4-12(22)9-15(18)23/h4-6,8-10,27H,3,7H2,1-2H3. The maximum Gasteiger partial charge on any atom is 0.265 e. The largest absolute Gasteiger partial charge is 0.506 e. The lowest BCUT2D eigenvalue weighted by Crippen LogP contribution is -2.25. The van der Waals surface area contributed by atoms with Gasteiger partial charge in [-0.05, 0) is 31.2 Å². The average Bonchev–Trinajstić information content (AvgIpc) is 2.67. The number of hydrogen-bond donors (Lipinski definition) is 1. The van der Waals surface area contributed by atoms with E-state index in [4.69, 9.17) is 4.74 Å². The van der Waals surface area contributed by atoms with Gasteiger partial charge < -0.3 is 19.2 Å². The monoisotopic (exact) mass is 401 g/mol. The Balaban J connectivity index is 2.05. The van der Waals surface area contributed by atoms with Crippen LogP contribution < -0.4 is 10.3 Å². The zero-order valence-corrected chi connectivity index (χ0v) is 15.7. The number of nitrogens with zero attached hydrogens (tertiary/aromatic N) is 1. The number of hydrogen-bond acceptors (Lipinski definition) is 5. The molecule has 0 aliphatic rings. The first-order valence-electron chi connectivity index (χ1n) is 8.70. The van der Waals surface area contributed by atoms with Crippen LogP contribution >= 0.6 is 0 Å². The molecule has 0 saturated carbocycles. The molecule has 0 aliphatic carbocycles. The van der Waals surface area contributed by atoms with E-state index < -0.39 is 28.7 Å². The van der Waals surface area contributed by atoms with Crippen LogP contribution in [-0.4, -0.2) is 21.2 Å². The molecule has 2 aromatic carbocycles. The normalized spacial score (nSPS) is 10.9. The quantitative estimate of drug-likeness (QED) is 0.634. The molecule has 29 heavy (non-hydrogen) atoms. The second-order valence-corrected chi connectivity index (χ2v) is 6.57. The van der Waals surface area contributed by atoms with Crippen molar-refractivity contribution in [2.24, 2.45) is 7.05 Å². The Morgan fingerprint density at radius 1 is 1.10 bits per heavy atom. The van der Waals surface area contributed by atoms with E-state index in [0.29, 0.717) is 6.07 Å². The third-order valence-electron chi connectivity index (χ3n) is 4.45. The van der Waals surface area contributed by atoms with Gasteiger partial charge >= 0.3 is 0 Å². The number of rotatable bonds is 6. The molecule has 0 atom stereocenters. The van der Waals surface area contributed by atoms with Gasteiger partial charge in [0.05, 0.1) is 5.52 Å².